The van der Waals surface area contributed by atoms with Gasteiger partial charge in [0, 0.05) is 10.8 Å². The lowest BCUT2D eigenvalue weighted by Gasteiger charge is -2.19. The lowest BCUT2D eigenvalue weighted by molar-refractivity contribution is 0.174. The third-order valence-corrected chi connectivity index (χ3v) is 6.82. The Morgan fingerprint density at radius 2 is 1.08 bits per heavy atom. The van der Waals surface area contributed by atoms with Crippen molar-refractivity contribution in [2.75, 3.05) is 26.4 Å². The van der Waals surface area contributed by atoms with Gasteiger partial charge in [0.1, 0.15) is 26.4 Å². The molecule has 0 aliphatic carbocycles. The number of fused-ring (bicyclic) bond motifs is 2. The van der Waals surface area contributed by atoms with Gasteiger partial charge in [-0.3, -0.25) is 0 Å². The van der Waals surface area contributed by atoms with E-state index in [1.165, 1.54) is 22.3 Å². The molecule has 2 aromatic heterocycles. The summed E-state index contributed by atoms with van der Waals surface area (Å²) in [5.74, 6) is 3.47. The Morgan fingerprint density at radius 3 is 1.54 bits per heavy atom. The van der Waals surface area contributed by atoms with E-state index in [9.17, 15) is 0 Å². The van der Waals surface area contributed by atoms with Crippen molar-refractivity contribution in [3.63, 3.8) is 0 Å². The normalized spacial score (nSPS) is 15.2. The van der Waals surface area contributed by atoms with Crippen LogP contribution in [0.3, 0.4) is 0 Å². The zero-order valence-corrected chi connectivity index (χ0v) is 16.2. The summed E-state index contributed by atoms with van der Waals surface area (Å²) in [6.07, 6.45) is 0. The Labute approximate surface area is 159 Å². The number of rotatable bonds is 2. The van der Waals surface area contributed by atoms with Gasteiger partial charge in [0.2, 0.25) is 0 Å². The van der Waals surface area contributed by atoms with Crippen LogP contribution < -0.4 is 18.9 Å². The smallest absolute Gasteiger partial charge is 0.179 e. The molecule has 0 saturated carbocycles. The summed E-state index contributed by atoms with van der Waals surface area (Å²) in [6, 6.07) is 4.36. The van der Waals surface area contributed by atoms with E-state index in [0.717, 1.165) is 32.8 Å². The van der Waals surface area contributed by atoms with E-state index >= 15 is 0 Å². The molecule has 0 atom stereocenters. The fraction of sp³-hybridized carbons (Fsp3) is 0.300. The lowest BCUT2D eigenvalue weighted by Crippen LogP contribution is -2.14. The minimum absolute atomic E-state index is 0.603. The highest BCUT2D eigenvalue weighted by molar-refractivity contribution is 7.14. The monoisotopic (exact) mass is 386 g/mol. The Kier molecular flexibility index (Phi) is 3.83. The molecule has 0 radical (unpaired) electrons. The molecule has 0 bridgehead atoms. The minimum atomic E-state index is 0.603. The zero-order chi connectivity index (χ0) is 17.7. The van der Waals surface area contributed by atoms with Crippen molar-refractivity contribution in [3.8, 4) is 43.9 Å². The molecule has 0 unspecified atom stereocenters. The van der Waals surface area contributed by atoms with Crippen LogP contribution in [-0.4, -0.2) is 26.4 Å². The highest BCUT2D eigenvalue weighted by Gasteiger charge is 2.24. The first kappa shape index (κ1) is 16.0. The maximum Gasteiger partial charge on any atom is 0.179 e. The molecule has 3 aromatic rings. The van der Waals surface area contributed by atoms with Crippen molar-refractivity contribution < 1.29 is 18.9 Å². The molecule has 0 spiro atoms. The van der Waals surface area contributed by atoms with Gasteiger partial charge in [-0.15, -0.1) is 22.7 Å². The largest absolute Gasteiger partial charge is 0.485 e. The lowest BCUT2D eigenvalue weighted by atomic mass is 9.95. The first-order chi connectivity index (χ1) is 12.7. The third kappa shape index (κ3) is 2.40. The van der Waals surface area contributed by atoms with Gasteiger partial charge in [0.25, 0.3) is 0 Å². The van der Waals surface area contributed by atoms with Crippen LogP contribution in [0.1, 0.15) is 11.1 Å². The van der Waals surface area contributed by atoms with E-state index in [4.69, 9.17) is 18.9 Å². The van der Waals surface area contributed by atoms with Crippen LogP contribution in [-0.2, 0) is 0 Å². The number of hydrogen-bond acceptors (Lipinski definition) is 6. The Hall–Kier alpha value is -2.18. The SMILES string of the molecule is Cc1c(-c2scc3c2OCCO3)ccc(-c2scc3c2OCCO3)c1C. The molecule has 4 nitrogen and oxygen atoms in total. The fourth-order valence-electron chi connectivity index (χ4n) is 3.41. The topological polar surface area (TPSA) is 36.9 Å². The second kappa shape index (κ2) is 6.21. The van der Waals surface area contributed by atoms with Crippen LogP contribution in [0, 0.1) is 13.8 Å². The Morgan fingerprint density at radius 1 is 0.654 bits per heavy atom. The highest BCUT2D eigenvalue weighted by atomic mass is 32.1. The molecule has 0 amide bonds. The van der Waals surface area contributed by atoms with E-state index < -0.39 is 0 Å². The van der Waals surface area contributed by atoms with Crippen LogP contribution in [0.15, 0.2) is 22.9 Å². The van der Waals surface area contributed by atoms with E-state index in [1.54, 1.807) is 22.7 Å². The van der Waals surface area contributed by atoms with E-state index in [0.29, 0.717) is 26.4 Å². The van der Waals surface area contributed by atoms with Crippen LogP contribution in [0.25, 0.3) is 20.9 Å². The first-order valence-electron chi connectivity index (χ1n) is 8.59. The average molecular weight is 386 g/mol. The molecule has 0 saturated heterocycles. The summed E-state index contributed by atoms with van der Waals surface area (Å²) < 4.78 is 23.1. The molecule has 4 heterocycles. The number of benzene rings is 1. The van der Waals surface area contributed by atoms with Gasteiger partial charge in [-0.1, -0.05) is 12.1 Å². The molecule has 0 fully saturated rings. The quantitative estimate of drug-likeness (QED) is 0.599. The molecule has 0 N–H and O–H groups in total. The van der Waals surface area contributed by atoms with Gasteiger partial charge < -0.3 is 18.9 Å². The second-order valence-corrected chi connectivity index (χ2v) is 8.08. The highest BCUT2D eigenvalue weighted by Crippen LogP contribution is 2.50. The van der Waals surface area contributed by atoms with E-state index in [-0.39, 0.29) is 0 Å². The van der Waals surface area contributed by atoms with Crippen LogP contribution in [0.4, 0.5) is 0 Å². The van der Waals surface area contributed by atoms with Gasteiger partial charge in [0.05, 0.1) is 9.75 Å². The van der Waals surface area contributed by atoms with Crippen LogP contribution in [0.2, 0.25) is 0 Å². The van der Waals surface area contributed by atoms with Crippen molar-refractivity contribution in [1.29, 1.82) is 0 Å². The summed E-state index contributed by atoms with van der Waals surface area (Å²) in [4.78, 5) is 2.28. The van der Waals surface area contributed by atoms with E-state index in [2.05, 4.69) is 26.0 Å². The summed E-state index contributed by atoms with van der Waals surface area (Å²) >= 11 is 3.35. The predicted octanol–water partition coefficient (Wildman–Crippen LogP) is 5.30. The molecule has 134 valence electrons. The maximum atomic E-state index is 5.87. The Balaban J connectivity index is 1.60. The summed E-state index contributed by atoms with van der Waals surface area (Å²) in [7, 11) is 0. The van der Waals surface area contributed by atoms with Crippen LogP contribution >= 0.6 is 22.7 Å². The van der Waals surface area contributed by atoms with Crippen molar-refractivity contribution >= 4 is 22.7 Å². The van der Waals surface area contributed by atoms with Crippen molar-refractivity contribution in [1.82, 2.24) is 0 Å². The standard InChI is InChI=1S/C20H18O4S2/c1-11-12(2)14(20-18-16(10-26-20)22-6-8-24-18)4-3-13(11)19-17-15(9-25-19)21-5-7-23-17/h3-4,9-10H,5-8H2,1-2H3. The van der Waals surface area contributed by atoms with E-state index in [1.807, 2.05) is 10.8 Å². The van der Waals surface area contributed by atoms with Gasteiger partial charge in [-0.2, -0.15) is 0 Å². The van der Waals surface area contributed by atoms with Gasteiger partial charge in [-0.25, -0.2) is 0 Å². The molecule has 1 aromatic carbocycles. The van der Waals surface area contributed by atoms with Gasteiger partial charge in [0.15, 0.2) is 23.0 Å². The van der Waals surface area contributed by atoms with Crippen LogP contribution in [0.5, 0.6) is 23.0 Å². The molecule has 2 aliphatic heterocycles. The van der Waals surface area contributed by atoms with Gasteiger partial charge >= 0.3 is 0 Å². The first-order valence-corrected chi connectivity index (χ1v) is 10.3. The Bertz CT molecular complexity index is 907. The molecule has 2 aliphatic rings. The predicted molar refractivity (Wildman–Crippen MR) is 105 cm³/mol. The molecule has 6 heteroatoms. The molecule has 5 rings (SSSR count). The minimum Gasteiger partial charge on any atom is -0.485 e. The third-order valence-electron chi connectivity index (χ3n) is 4.88. The van der Waals surface area contributed by atoms with Crippen molar-refractivity contribution in [3.05, 3.63) is 34.0 Å². The summed E-state index contributed by atoms with van der Waals surface area (Å²) in [5, 5.41) is 4.07. The fourth-order valence-corrected chi connectivity index (χ4v) is 5.44. The number of hydrogen-bond donors (Lipinski definition) is 0. The molecular formula is C20H18O4S2. The van der Waals surface area contributed by atoms with Crippen molar-refractivity contribution in [2.45, 2.75) is 13.8 Å². The van der Waals surface area contributed by atoms with Gasteiger partial charge in [-0.05, 0) is 36.1 Å². The summed E-state index contributed by atoms with van der Waals surface area (Å²) in [5.41, 5.74) is 4.90. The number of ether oxygens (including phenoxy) is 4. The molecule has 26 heavy (non-hydrogen) atoms. The summed E-state index contributed by atoms with van der Waals surface area (Å²) in [6.45, 7) is 6.77. The molecular weight excluding hydrogens is 368 g/mol. The zero-order valence-electron chi connectivity index (χ0n) is 14.6. The average Bonchev–Trinajstić information content (AvgIpc) is 3.28. The van der Waals surface area contributed by atoms with Crippen molar-refractivity contribution in [2.24, 2.45) is 0 Å². The second-order valence-electron chi connectivity index (χ2n) is 6.32. The number of thiophene rings is 2. The maximum absolute atomic E-state index is 5.87.